The normalized spacial score (nSPS) is 12.7. The molecular weight excluding hydrogens is 306 g/mol. The minimum absolute atomic E-state index is 0.0749. The summed E-state index contributed by atoms with van der Waals surface area (Å²) < 4.78 is 1.14. The number of hydrogen-bond donors (Lipinski definition) is 1. The van der Waals surface area contributed by atoms with Crippen LogP contribution in [0, 0.1) is 6.92 Å². The first-order valence-electron chi connectivity index (χ1n) is 6.20. The zero-order chi connectivity index (χ0) is 13.1. The maximum absolute atomic E-state index is 6.33. The van der Waals surface area contributed by atoms with E-state index in [2.05, 4.69) is 60.1 Å². The fourth-order valence-electron chi connectivity index (χ4n) is 2.07. The third-order valence-electron chi connectivity index (χ3n) is 3.20. The summed E-state index contributed by atoms with van der Waals surface area (Å²) in [5, 5.41) is 0. The van der Waals surface area contributed by atoms with Crippen LogP contribution in [-0.4, -0.2) is 0 Å². The van der Waals surface area contributed by atoms with Gasteiger partial charge in [-0.1, -0.05) is 35.0 Å². The first kappa shape index (κ1) is 13.8. The number of thiophene rings is 1. The lowest BCUT2D eigenvalue weighted by molar-refractivity contribution is 0.724. The fraction of sp³-hybridized carbons (Fsp3) is 0.333. The molecule has 2 rings (SSSR count). The van der Waals surface area contributed by atoms with Crippen LogP contribution in [0.1, 0.15) is 33.8 Å². The van der Waals surface area contributed by atoms with Crippen molar-refractivity contribution in [1.82, 2.24) is 0 Å². The second-order valence-electron chi connectivity index (χ2n) is 4.49. The van der Waals surface area contributed by atoms with Crippen LogP contribution in [0.3, 0.4) is 0 Å². The van der Waals surface area contributed by atoms with Crippen LogP contribution in [0.2, 0.25) is 0 Å². The molecule has 0 spiro atoms. The van der Waals surface area contributed by atoms with E-state index in [1.165, 1.54) is 20.9 Å². The topological polar surface area (TPSA) is 26.0 Å². The van der Waals surface area contributed by atoms with Crippen molar-refractivity contribution in [2.45, 2.75) is 32.7 Å². The van der Waals surface area contributed by atoms with Gasteiger partial charge in [-0.05, 0) is 42.7 Å². The molecule has 0 fully saturated rings. The molecule has 2 aromatic rings. The average Bonchev–Trinajstić information content (AvgIpc) is 2.80. The number of nitrogens with two attached hydrogens (primary N) is 1. The summed E-state index contributed by atoms with van der Waals surface area (Å²) >= 11 is 5.44. The zero-order valence-electron chi connectivity index (χ0n) is 10.7. The van der Waals surface area contributed by atoms with E-state index in [4.69, 9.17) is 5.73 Å². The molecule has 0 aliphatic heterocycles. The molecule has 0 bridgehead atoms. The molecular formula is C15H18BrNS. The summed E-state index contributed by atoms with van der Waals surface area (Å²) in [5.74, 6) is 0. The molecule has 0 aliphatic rings. The Hall–Kier alpha value is -0.640. The molecule has 18 heavy (non-hydrogen) atoms. The molecule has 96 valence electrons. The highest BCUT2D eigenvalue weighted by atomic mass is 79.9. The van der Waals surface area contributed by atoms with Crippen LogP contribution < -0.4 is 5.73 Å². The van der Waals surface area contributed by atoms with Gasteiger partial charge in [0.2, 0.25) is 0 Å². The van der Waals surface area contributed by atoms with Gasteiger partial charge in [0.25, 0.3) is 0 Å². The molecule has 1 aromatic carbocycles. The molecule has 3 heteroatoms. The molecule has 0 saturated carbocycles. The van der Waals surface area contributed by atoms with E-state index in [1.807, 2.05) is 11.3 Å². The second-order valence-corrected chi connectivity index (χ2v) is 6.59. The van der Waals surface area contributed by atoms with Gasteiger partial charge in [0, 0.05) is 26.7 Å². The average molecular weight is 324 g/mol. The van der Waals surface area contributed by atoms with Gasteiger partial charge in [-0.2, -0.15) is 0 Å². The van der Waals surface area contributed by atoms with Gasteiger partial charge in [0.15, 0.2) is 0 Å². The van der Waals surface area contributed by atoms with Crippen LogP contribution in [0.4, 0.5) is 0 Å². The third kappa shape index (κ3) is 3.02. The first-order valence-corrected chi connectivity index (χ1v) is 7.81. The smallest absolute Gasteiger partial charge is 0.0346 e. The number of halogens is 1. The Bertz CT molecular complexity index is 533. The molecule has 1 aromatic heterocycles. The van der Waals surface area contributed by atoms with Crippen molar-refractivity contribution in [3.63, 3.8) is 0 Å². The lowest BCUT2D eigenvalue weighted by Gasteiger charge is -2.14. The molecule has 0 saturated heterocycles. The Morgan fingerprint density at radius 2 is 1.94 bits per heavy atom. The fourth-order valence-corrected chi connectivity index (χ4v) is 3.47. The summed E-state index contributed by atoms with van der Waals surface area (Å²) in [7, 11) is 0. The number of rotatable bonds is 4. The van der Waals surface area contributed by atoms with E-state index in [0.717, 1.165) is 17.3 Å². The van der Waals surface area contributed by atoms with Gasteiger partial charge >= 0.3 is 0 Å². The summed E-state index contributed by atoms with van der Waals surface area (Å²) in [5.41, 5.74) is 8.81. The molecule has 1 unspecified atom stereocenters. The highest BCUT2D eigenvalue weighted by molar-refractivity contribution is 9.10. The van der Waals surface area contributed by atoms with Gasteiger partial charge in [0.1, 0.15) is 0 Å². The van der Waals surface area contributed by atoms with Crippen molar-refractivity contribution in [3.8, 4) is 0 Å². The van der Waals surface area contributed by atoms with E-state index in [0.29, 0.717) is 0 Å². The minimum Gasteiger partial charge on any atom is -0.324 e. The van der Waals surface area contributed by atoms with Crippen molar-refractivity contribution in [2.24, 2.45) is 5.73 Å². The number of hydrogen-bond acceptors (Lipinski definition) is 2. The van der Waals surface area contributed by atoms with Gasteiger partial charge in [-0.25, -0.2) is 0 Å². The van der Waals surface area contributed by atoms with E-state index in [-0.39, 0.29) is 6.04 Å². The van der Waals surface area contributed by atoms with E-state index in [9.17, 15) is 0 Å². The van der Waals surface area contributed by atoms with Gasteiger partial charge in [-0.15, -0.1) is 11.3 Å². The van der Waals surface area contributed by atoms with Crippen LogP contribution >= 0.6 is 27.3 Å². The van der Waals surface area contributed by atoms with Crippen LogP contribution in [0.15, 0.2) is 34.8 Å². The van der Waals surface area contributed by atoms with Crippen LogP contribution in [0.5, 0.6) is 0 Å². The SMILES string of the molecule is CCc1ccc(CC(N)c2cccc(Br)c2C)s1. The van der Waals surface area contributed by atoms with E-state index < -0.39 is 0 Å². The summed E-state index contributed by atoms with van der Waals surface area (Å²) in [6.07, 6.45) is 2.03. The highest BCUT2D eigenvalue weighted by Crippen LogP contribution is 2.27. The summed E-state index contributed by atoms with van der Waals surface area (Å²) in [6.45, 7) is 4.30. The third-order valence-corrected chi connectivity index (χ3v) is 5.31. The Morgan fingerprint density at radius 3 is 2.61 bits per heavy atom. The van der Waals surface area contributed by atoms with Crippen molar-refractivity contribution < 1.29 is 0 Å². The molecule has 0 aliphatic carbocycles. The zero-order valence-corrected chi connectivity index (χ0v) is 13.1. The molecule has 0 amide bonds. The van der Waals surface area contributed by atoms with E-state index >= 15 is 0 Å². The quantitative estimate of drug-likeness (QED) is 0.872. The second kappa shape index (κ2) is 6.00. The van der Waals surface area contributed by atoms with Crippen LogP contribution in [0.25, 0.3) is 0 Å². The largest absolute Gasteiger partial charge is 0.324 e. The highest BCUT2D eigenvalue weighted by Gasteiger charge is 2.12. The maximum Gasteiger partial charge on any atom is 0.0346 e. The predicted octanol–water partition coefficient (Wildman–Crippen LogP) is 4.62. The van der Waals surface area contributed by atoms with Crippen molar-refractivity contribution in [1.29, 1.82) is 0 Å². The molecule has 2 N–H and O–H groups in total. The molecule has 1 atom stereocenters. The Morgan fingerprint density at radius 1 is 1.22 bits per heavy atom. The first-order chi connectivity index (χ1) is 8.61. The van der Waals surface area contributed by atoms with Crippen molar-refractivity contribution in [3.05, 3.63) is 55.7 Å². The standard InChI is InChI=1S/C15H18BrNS/c1-3-11-7-8-12(18-11)9-15(17)13-5-4-6-14(16)10(13)2/h4-8,15H,3,9,17H2,1-2H3. The Labute approximate surface area is 121 Å². The summed E-state index contributed by atoms with van der Waals surface area (Å²) in [6, 6.07) is 10.7. The minimum atomic E-state index is 0.0749. The molecule has 0 radical (unpaired) electrons. The van der Waals surface area contributed by atoms with Crippen molar-refractivity contribution >= 4 is 27.3 Å². The van der Waals surface area contributed by atoms with Gasteiger partial charge in [0.05, 0.1) is 0 Å². The predicted molar refractivity (Wildman–Crippen MR) is 83.2 cm³/mol. The lowest BCUT2D eigenvalue weighted by atomic mass is 9.99. The number of aryl methyl sites for hydroxylation is 1. The van der Waals surface area contributed by atoms with Gasteiger partial charge in [-0.3, -0.25) is 0 Å². The Balaban J connectivity index is 2.16. The molecule has 1 heterocycles. The van der Waals surface area contributed by atoms with Crippen LogP contribution in [-0.2, 0) is 12.8 Å². The maximum atomic E-state index is 6.33. The molecule has 1 nitrogen and oxygen atoms in total. The Kier molecular flexibility index (Phi) is 4.60. The van der Waals surface area contributed by atoms with E-state index in [1.54, 1.807) is 0 Å². The van der Waals surface area contributed by atoms with Gasteiger partial charge < -0.3 is 5.73 Å². The van der Waals surface area contributed by atoms with Crippen molar-refractivity contribution in [2.75, 3.05) is 0 Å². The number of benzene rings is 1. The lowest BCUT2D eigenvalue weighted by Crippen LogP contribution is -2.14. The monoisotopic (exact) mass is 323 g/mol. The summed E-state index contributed by atoms with van der Waals surface area (Å²) in [4.78, 5) is 2.81.